The lowest BCUT2D eigenvalue weighted by Gasteiger charge is -2.34. The Hall–Kier alpha value is -4.05. The molecular formula is C25H28N10. The molecule has 0 bridgehead atoms. The standard InChI is InChI=1S/C25H28N10/c1-15(2)29-17-10-16(12-26-13-17)19-11-18-20(14-28-19)32-33-22(18)25-30-23-21(4-5-27-24(23)31-25)35-8-6-34(3)7-9-35/h4-5,10-15,29H,6-9H2,1-3H3,(H,32,33)(H,27,30,31). The molecule has 1 aliphatic heterocycles. The summed E-state index contributed by atoms with van der Waals surface area (Å²) in [6.07, 6.45) is 7.29. The molecule has 1 saturated heterocycles. The van der Waals surface area contributed by atoms with Crippen molar-refractivity contribution in [2.45, 2.75) is 19.9 Å². The van der Waals surface area contributed by atoms with Gasteiger partial charge in [-0.2, -0.15) is 5.10 Å². The summed E-state index contributed by atoms with van der Waals surface area (Å²) in [7, 11) is 2.16. The van der Waals surface area contributed by atoms with Crippen LogP contribution in [0.15, 0.2) is 43.0 Å². The lowest BCUT2D eigenvalue weighted by Crippen LogP contribution is -2.44. The molecule has 5 aromatic rings. The number of aromatic amines is 2. The monoisotopic (exact) mass is 468 g/mol. The van der Waals surface area contributed by atoms with Crippen LogP contribution in [-0.2, 0) is 0 Å². The maximum Gasteiger partial charge on any atom is 0.180 e. The van der Waals surface area contributed by atoms with Crippen molar-refractivity contribution in [3.63, 3.8) is 0 Å². The molecule has 1 aliphatic rings. The van der Waals surface area contributed by atoms with Gasteiger partial charge in [0.15, 0.2) is 11.5 Å². The highest BCUT2D eigenvalue weighted by Gasteiger charge is 2.20. The molecule has 6 heterocycles. The van der Waals surface area contributed by atoms with Gasteiger partial charge in [-0.05, 0) is 39.1 Å². The second-order valence-corrected chi connectivity index (χ2v) is 9.35. The summed E-state index contributed by atoms with van der Waals surface area (Å²) in [4.78, 5) is 26.6. The molecular weight excluding hydrogens is 440 g/mol. The van der Waals surface area contributed by atoms with E-state index in [2.05, 4.69) is 78.3 Å². The van der Waals surface area contributed by atoms with Crippen LogP contribution in [0.4, 0.5) is 11.4 Å². The molecule has 0 aliphatic carbocycles. The number of imidazole rings is 1. The number of H-pyrrole nitrogens is 2. The Labute approximate surface area is 202 Å². The van der Waals surface area contributed by atoms with Crippen molar-refractivity contribution >= 4 is 33.4 Å². The van der Waals surface area contributed by atoms with Gasteiger partial charge in [0.2, 0.25) is 0 Å². The van der Waals surface area contributed by atoms with Gasteiger partial charge in [0.25, 0.3) is 0 Å². The molecule has 0 atom stereocenters. The van der Waals surface area contributed by atoms with E-state index in [1.165, 1.54) is 0 Å². The highest BCUT2D eigenvalue weighted by molar-refractivity contribution is 5.96. The van der Waals surface area contributed by atoms with Gasteiger partial charge in [0.05, 0.1) is 28.8 Å². The number of fused-ring (bicyclic) bond motifs is 2. The first-order valence-electron chi connectivity index (χ1n) is 11.9. The van der Waals surface area contributed by atoms with E-state index in [4.69, 9.17) is 4.98 Å². The average molecular weight is 469 g/mol. The maximum atomic E-state index is 4.80. The third kappa shape index (κ3) is 4.06. The summed E-state index contributed by atoms with van der Waals surface area (Å²) >= 11 is 0. The van der Waals surface area contributed by atoms with Crippen LogP contribution in [0.2, 0.25) is 0 Å². The van der Waals surface area contributed by atoms with Crippen LogP contribution in [-0.4, -0.2) is 79.3 Å². The number of piperazine rings is 1. The van der Waals surface area contributed by atoms with Crippen LogP contribution in [0.1, 0.15) is 13.8 Å². The Morgan fingerprint density at radius 3 is 2.71 bits per heavy atom. The molecule has 0 radical (unpaired) electrons. The summed E-state index contributed by atoms with van der Waals surface area (Å²) in [6.45, 7) is 8.23. The van der Waals surface area contributed by atoms with Gasteiger partial charge in [0.1, 0.15) is 11.2 Å². The van der Waals surface area contributed by atoms with E-state index in [1.54, 1.807) is 6.20 Å². The van der Waals surface area contributed by atoms with Crippen molar-refractivity contribution in [1.82, 2.24) is 40.0 Å². The van der Waals surface area contributed by atoms with Crippen LogP contribution in [0.25, 0.3) is 44.8 Å². The number of rotatable bonds is 5. The van der Waals surface area contributed by atoms with Gasteiger partial charge >= 0.3 is 0 Å². The number of pyridine rings is 3. The van der Waals surface area contributed by atoms with Crippen LogP contribution in [0, 0.1) is 0 Å². The number of nitrogens with one attached hydrogen (secondary N) is 3. The molecule has 0 spiro atoms. The molecule has 0 saturated carbocycles. The summed E-state index contributed by atoms with van der Waals surface area (Å²) in [6, 6.07) is 6.48. The van der Waals surface area contributed by atoms with Gasteiger partial charge in [-0.25, -0.2) is 9.97 Å². The van der Waals surface area contributed by atoms with Crippen LogP contribution >= 0.6 is 0 Å². The van der Waals surface area contributed by atoms with Crippen molar-refractivity contribution in [3.8, 4) is 22.8 Å². The van der Waals surface area contributed by atoms with Gasteiger partial charge < -0.3 is 20.1 Å². The van der Waals surface area contributed by atoms with E-state index in [-0.39, 0.29) is 0 Å². The van der Waals surface area contributed by atoms with Gasteiger partial charge in [-0.15, -0.1) is 0 Å². The lowest BCUT2D eigenvalue weighted by molar-refractivity contribution is 0.313. The fourth-order valence-corrected chi connectivity index (χ4v) is 4.57. The molecule has 5 aromatic heterocycles. The molecule has 0 unspecified atom stereocenters. The summed E-state index contributed by atoms with van der Waals surface area (Å²) in [5, 5.41) is 12.0. The van der Waals surface area contributed by atoms with E-state index in [1.807, 2.05) is 24.7 Å². The number of hydrogen-bond donors (Lipinski definition) is 3. The van der Waals surface area contributed by atoms with Crippen LogP contribution < -0.4 is 10.2 Å². The van der Waals surface area contributed by atoms with E-state index in [0.717, 1.165) is 70.9 Å². The minimum absolute atomic E-state index is 0.320. The zero-order valence-electron chi connectivity index (χ0n) is 20.1. The highest BCUT2D eigenvalue weighted by Crippen LogP contribution is 2.31. The zero-order chi connectivity index (χ0) is 23.9. The van der Waals surface area contributed by atoms with Crippen LogP contribution in [0.3, 0.4) is 0 Å². The van der Waals surface area contributed by atoms with Crippen molar-refractivity contribution in [3.05, 3.63) is 43.0 Å². The molecule has 10 nitrogen and oxygen atoms in total. The number of anilines is 2. The Balaban J connectivity index is 1.39. The Kier molecular flexibility index (Phi) is 5.29. The van der Waals surface area contributed by atoms with E-state index in [9.17, 15) is 0 Å². The predicted molar refractivity (Wildman–Crippen MR) is 138 cm³/mol. The normalized spacial score (nSPS) is 14.9. The summed E-state index contributed by atoms with van der Waals surface area (Å²) in [5.41, 5.74) is 7.08. The first-order chi connectivity index (χ1) is 17.0. The van der Waals surface area contributed by atoms with Crippen molar-refractivity contribution in [2.75, 3.05) is 43.4 Å². The molecule has 178 valence electrons. The molecule has 1 fully saturated rings. The number of aromatic nitrogens is 7. The first kappa shape index (κ1) is 21.5. The molecule has 3 N–H and O–H groups in total. The predicted octanol–water partition coefficient (Wildman–Crippen LogP) is 3.53. The molecule has 10 heteroatoms. The SMILES string of the molecule is CC(C)Nc1cncc(-c2cc3c(-c4nc5nccc(N6CCN(C)CC6)c5[nH]4)n[nH]c3cn2)c1. The maximum absolute atomic E-state index is 4.80. The van der Waals surface area contributed by atoms with E-state index in [0.29, 0.717) is 17.5 Å². The Morgan fingerprint density at radius 1 is 1.03 bits per heavy atom. The molecule has 0 aromatic carbocycles. The Bertz CT molecular complexity index is 1490. The van der Waals surface area contributed by atoms with Crippen LogP contribution in [0.5, 0.6) is 0 Å². The fraction of sp³-hybridized carbons (Fsp3) is 0.320. The number of likely N-dealkylation sites (N-methyl/N-ethyl adjacent to an activating group) is 1. The quantitative estimate of drug-likeness (QED) is 0.359. The largest absolute Gasteiger partial charge is 0.382 e. The van der Waals surface area contributed by atoms with Crippen molar-refractivity contribution in [2.24, 2.45) is 0 Å². The van der Waals surface area contributed by atoms with Crippen molar-refractivity contribution < 1.29 is 0 Å². The van der Waals surface area contributed by atoms with E-state index >= 15 is 0 Å². The van der Waals surface area contributed by atoms with Gasteiger partial charge in [-0.3, -0.25) is 15.1 Å². The third-order valence-corrected chi connectivity index (χ3v) is 6.37. The van der Waals surface area contributed by atoms with Gasteiger partial charge in [-0.1, -0.05) is 0 Å². The number of nitrogens with zero attached hydrogens (tertiary/aromatic N) is 7. The minimum Gasteiger partial charge on any atom is -0.382 e. The smallest absolute Gasteiger partial charge is 0.180 e. The molecule has 35 heavy (non-hydrogen) atoms. The Morgan fingerprint density at radius 2 is 1.89 bits per heavy atom. The fourth-order valence-electron chi connectivity index (χ4n) is 4.57. The average Bonchev–Trinajstić information content (AvgIpc) is 3.48. The molecule has 0 amide bonds. The second kappa shape index (κ2) is 8.62. The lowest BCUT2D eigenvalue weighted by atomic mass is 10.1. The topological polar surface area (TPSA) is 115 Å². The molecule has 6 rings (SSSR count). The number of hydrogen-bond acceptors (Lipinski definition) is 8. The van der Waals surface area contributed by atoms with Gasteiger partial charge in [0, 0.05) is 61.8 Å². The summed E-state index contributed by atoms with van der Waals surface area (Å²) in [5.74, 6) is 0.686. The second-order valence-electron chi connectivity index (χ2n) is 9.35. The highest BCUT2D eigenvalue weighted by atomic mass is 15.3. The first-order valence-corrected chi connectivity index (χ1v) is 11.9. The summed E-state index contributed by atoms with van der Waals surface area (Å²) < 4.78 is 0. The van der Waals surface area contributed by atoms with Crippen molar-refractivity contribution in [1.29, 1.82) is 0 Å². The third-order valence-electron chi connectivity index (χ3n) is 6.37. The zero-order valence-corrected chi connectivity index (χ0v) is 20.1. The minimum atomic E-state index is 0.320. The van der Waals surface area contributed by atoms with E-state index < -0.39 is 0 Å².